The lowest BCUT2D eigenvalue weighted by Crippen LogP contribution is -2.25. The molecule has 4 rings (SSSR count). The predicted octanol–water partition coefficient (Wildman–Crippen LogP) is 4.77. The van der Waals surface area contributed by atoms with E-state index in [1.54, 1.807) is 19.4 Å². The Balaban J connectivity index is 1.57. The molecule has 1 fully saturated rings. The molecule has 0 bridgehead atoms. The minimum atomic E-state index is -0.293. The molecule has 29 heavy (non-hydrogen) atoms. The fourth-order valence-corrected chi connectivity index (χ4v) is 3.75. The third kappa shape index (κ3) is 4.33. The van der Waals surface area contributed by atoms with Crippen LogP contribution in [0.1, 0.15) is 35.9 Å². The number of ether oxygens (including phenoxy) is 3. The van der Waals surface area contributed by atoms with Crippen molar-refractivity contribution in [2.75, 3.05) is 13.7 Å². The number of benzene rings is 2. The molecule has 152 valence electrons. The van der Waals surface area contributed by atoms with Crippen LogP contribution in [0.4, 0.5) is 4.39 Å². The predicted molar refractivity (Wildman–Crippen MR) is 108 cm³/mol. The Hall–Kier alpha value is -2.70. The fourth-order valence-electron chi connectivity index (χ4n) is 3.75. The molecule has 2 aromatic carbocycles. The van der Waals surface area contributed by atoms with Crippen LogP contribution in [0.25, 0.3) is 5.69 Å². The van der Waals surface area contributed by atoms with Crippen molar-refractivity contribution in [3.63, 3.8) is 0 Å². The van der Waals surface area contributed by atoms with Gasteiger partial charge < -0.3 is 18.8 Å². The summed E-state index contributed by atoms with van der Waals surface area (Å²) in [5.74, 6) is 1.27. The van der Waals surface area contributed by atoms with Crippen LogP contribution in [-0.2, 0) is 16.1 Å². The molecule has 0 aliphatic carbocycles. The number of hydrogen-bond acceptors (Lipinski definition) is 4. The number of aromatic nitrogens is 2. The number of rotatable bonds is 6. The monoisotopic (exact) mass is 396 g/mol. The van der Waals surface area contributed by atoms with Gasteiger partial charge in [0.1, 0.15) is 24.0 Å². The van der Waals surface area contributed by atoms with Crippen molar-refractivity contribution < 1.29 is 18.6 Å². The van der Waals surface area contributed by atoms with Crippen molar-refractivity contribution in [1.29, 1.82) is 0 Å². The minimum absolute atomic E-state index is 0.0616. The molecule has 1 aromatic heterocycles. The largest absolute Gasteiger partial charge is 0.488 e. The van der Waals surface area contributed by atoms with Crippen molar-refractivity contribution >= 4 is 0 Å². The number of halogens is 1. The van der Waals surface area contributed by atoms with E-state index in [0.717, 1.165) is 41.2 Å². The van der Waals surface area contributed by atoms with Gasteiger partial charge in [-0.25, -0.2) is 9.37 Å². The molecule has 0 spiro atoms. The molecule has 0 N–H and O–H groups in total. The maximum atomic E-state index is 13.9. The van der Waals surface area contributed by atoms with Gasteiger partial charge in [-0.15, -0.1) is 0 Å². The van der Waals surface area contributed by atoms with Crippen LogP contribution in [0.3, 0.4) is 0 Å². The van der Waals surface area contributed by atoms with E-state index in [9.17, 15) is 4.39 Å². The van der Waals surface area contributed by atoms with Crippen LogP contribution in [0.15, 0.2) is 54.9 Å². The van der Waals surface area contributed by atoms with Crippen molar-refractivity contribution in [3.05, 3.63) is 77.6 Å². The van der Waals surface area contributed by atoms with Crippen molar-refractivity contribution in [2.45, 2.75) is 38.6 Å². The van der Waals surface area contributed by atoms with E-state index in [1.807, 2.05) is 42.0 Å². The van der Waals surface area contributed by atoms with Crippen molar-refractivity contribution in [2.24, 2.45) is 0 Å². The first-order chi connectivity index (χ1) is 14.2. The summed E-state index contributed by atoms with van der Waals surface area (Å²) in [7, 11) is 1.74. The molecule has 1 saturated heterocycles. The second kappa shape index (κ2) is 8.76. The van der Waals surface area contributed by atoms with E-state index in [-0.39, 0.29) is 18.0 Å². The van der Waals surface area contributed by atoms with E-state index < -0.39 is 0 Å². The minimum Gasteiger partial charge on any atom is -0.488 e. The molecular weight excluding hydrogens is 371 g/mol. The standard InChI is InChI=1S/C23H25FN2O3/c1-16-25-10-11-26(16)21-13-18(24)8-7-17(21)15-29-22-6-4-3-5-20(22)23-14-19(27-2)9-12-28-23/h3-8,10-11,13,19,23H,9,12,14-15H2,1-2H3. The zero-order chi connectivity index (χ0) is 20.2. The molecule has 2 atom stereocenters. The third-order valence-electron chi connectivity index (χ3n) is 5.35. The fraction of sp³-hybridized carbons (Fsp3) is 0.348. The van der Waals surface area contributed by atoms with Gasteiger partial charge in [0.2, 0.25) is 0 Å². The average Bonchev–Trinajstić information content (AvgIpc) is 3.18. The topological polar surface area (TPSA) is 45.5 Å². The Kier molecular flexibility index (Phi) is 5.92. The van der Waals surface area contributed by atoms with Crippen LogP contribution in [0, 0.1) is 12.7 Å². The molecule has 2 heterocycles. The van der Waals surface area contributed by atoms with Gasteiger partial charge in [0, 0.05) is 43.7 Å². The average molecular weight is 396 g/mol. The highest BCUT2D eigenvalue weighted by atomic mass is 19.1. The second-order valence-electron chi connectivity index (χ2n) is 7.19. The molecule has 0 radical (unpaired) electrons. The smallest absolute Gasteiger partial charge is 0.125 e. The van der Waals surface area contributed by atoms with Gasteiger partial charge in [0.05, 0.1) is 17.9 Å². The summed E-state index contributed by atoms with van der Waals surface area (Å²) < 4.78 is 33.5. The Bertz CT molecular complexity index is 972. The lowest BCUT2D eigenvalue weighted by atomic mass is 9.98. The molecule has 3 aromatic rings. The van der Waals surface area contributed by atoms with Gasteiger partial charge in [-0.3, -0.25) is 0 Å². The summed E-state index contributed by atoms with van der Waals surface area (Å²) in [6.45, 7) is 2.86. The normalized spacial score (nSPS) is 19.3. The number of hydrogen-bond donors (Lipinski definition) is 0. The first kappa shape index (κ1) is 19.6. The van der Waals surface area contributed by atoms with E-state index in [0.29, 0.717) is 13.2 Å². The molecule has 2 unspecified atom stereocenters. The van der Waals surface area contributed by atoms with E-state index >= 15 is 0 Å². The highest BCUT2D eigenvalue weighted by Crippen LogP contribution is 2.35. The van der Waals surface area contributed by atoms with E-state index in [1.165, 1.54) is 12.1 Å². The number of para-hydroxylation sites is 1. The molecule has 1 aliphatic heterocycles. The zero-order valence-electron chi connectivity index (χ0n) is 16.7. The molecule has 0 amide bonds. The van der Waals surface area contributed by atoms with Crippen LogP contribution in [0.5, 0.6) is 5.75 Å². The van der Waals surface area contributed by atoms with Crippen molar-refractivity contribution in [1.82, 2.24) is 9.55 Å². The van der Waals surface area contributed by atoms with Crippen molar-refractivity contribution in [3.8, 4) is 11.4 Å². The highest BCUT2D eigenvalue weighted by molar-refractivity contribution is 5.43. The molecule has 1 aliphatic rings. The van der Waals surface area contributed by atoms with Gasteiger partial charge >= 0.3 is 0 Å². The molecular formula is C23H25FN2O3. The Labute approximate surface area is 170 Å². The lowest BCUT2D eigenvalue weighted by Gasteiger charge is -2.30. The van der Waals surface area contributed by atoms with Crippen LogP contribution >= 0.6 is 0 Å². The van der Waals surface area contributed by atoms with E-state index in [2.05, 4.69) is 4.98 Å². The summed E-state index contributed by atoms with van der Waals surface area (Å²) in [4.78, 5) is 4.24. The highest BCUT2D eigenvalue weighted by Gasteiger charge is 2.26. The number of imidazole rings is 1. The van der Waals surface area contributed by atoms with Crippen LogP contribution in [0.2, 0.25) is 0 Å². The number of methoxy groups -OCH3 is 1. The second-order valence-corrected chi connectivity index (χ2v) is 7.19. The van der Waals surface area contributed by atoms with Gasteiger partial charge in [-0.2, -0.15) is 0 Å². The lowest BCUT2D eigenvalue weighted by molar-refractivity contribution is -0.0607. The van der Waals surface area contributed by atoms with Crippen LogP contribution < -0.4 is 4.74 Å². The third-order valence-corrected chi connectivity index (χ3v) is 5.35. The van der Waals surface area contributed by atoms with Gasteiger partial charge in [0.15, 0.2) is 0 Å². The van der Waals surface area contributed by atoms with Gasteiger partial charge in [0.25, 0.3) is 0 Å². The summed E-state index contributed by atoms with van der Waals surface area (Å²) in [5.41, 5.74) is 2.62. The first-order valence-electron chi connectivity index (χ1n) is 9.80. The Morgan fingerprint density at radius 1 is 1.24 bits per heavy atom. The summed E-state index contributed by atoms with van der Waals surface area (Å²) in [6.07, 6.45) is 5.35. The Morgan fingerprint density at radius 3 is 2.90 bits per heavy atom. The number of nitrogens with zero attached hydrogens (tertiary/aromatic N) is 2. The SMILES string of the molecule is COC1CCOC(c2ccccc2OCc2ccc(F)cc2-n2ccnc2C)C1. The molecule has 0 saturated carbocycles. The quantitative estimate of drug-likeness (QED) is 0.602. The van der Waals surface area contributed by atoms with E-state index in [4.69, 9.17) is 14.2 Å². The van der Waals surface area contributed by atoms with Gasteiger partial charge in [-0.05, 0) is 31.5 Å². The van der Waals surface area contributed by atoms with Gasteiger partial charge in [-0.1, -0.05) is 24.3 Å². The summed E-state index contributed by atoms with van der Waals surface area (Å²) >= 11 is 0. The summed E-state index contributed by atoms with van der Waals surface area (Å²) in [6, 6.07) is 12.6. The Morgan fingerprint density at radius 2 is 2.10 bits per heavy atom. The molecule has 5 nitrogen and oxygen atoms in total. The van der Waals surface area contributed by atoms with Crippen LogP contribution in [-0.4, -0.2) is 29.4 Å². The molecule has 6 heteroatoms. The number of aryl methyl sites for hydroxylation is 1. The summed E-state index contributed by atoms with van der Waals surface area (Å²) in [5, 5.41) is 0. The zero-order valence-corrected chi connectivity index (χ0v) is 16.7. The maximum absolute atomic E-state index is 13.9. The maximum Gasteiger partial charge on any atom is 0.125 e. The first-order valence-corrected chi connectivity index (χ1v) is 9.80.